The first-order chi connectivity index (χ1) is 17.7. The molecule has 3 aromatic carbocycles. The maximum Gasteiger partial charge on any atom is 0.162 e. The summed E-state index contributed by atoms with van der Waals surface area (Å²) >= 11 is 0. The number of carbonyl (C=O) groups excluding carboxylic acids is 1. The Kier molecular flexibility index (Phi) is 8.93. The monoisotopic (exact) mass is 498 g/mol. The number of hydrogen-bond donors (Lipinski definition) is 0. The van der Waals surface area contributed by atoms with Crippen LogP contribution in [0.2, 0.25) is 0 Å². The van der Waals surface area contributed by atoms with Crippen LogP contribution in [0.4, 0.5) is 8.78 Å². The molecule has 0 spiro atoms. The van der Waals surface area contributed by atoms with E-state index in [1.54, 1.807) is 54.6 Å². The number of ketones is 1. The van der Waals surface area contributed by atoms with Crippen molar-refractivity contribution in [1.82, 2.24) is 0 Å². The Morgan fingerprint density at radius 3 is 2.00 bits per heavy atom. The van der Waals surface area contributed by atoms with Crippen LogP contribution < -0.4 is 0 Å². The maximum absolute atomic E-state index is 15.6. The van der Waals surface area contributed by atoms with Gasteiger partial charge in [-0.25, -0.2) is 8.78 Å². The molecule has 0 atom stereocenters. The van der Waals surface area contributed by atoms with Gasteiger partial charge >= 0.3 is 0 Å². The molecule has 6 heteroatoms. The molecular formula is C31H28F2N2O2. The van der Waals surface area contributed by atoms with Gasteiger partial charge in [0.25, 0.3) is 0 Å². The lowest BCUT2D eigenvalue weighted by Gasteiger charge is -2.17. The first-order valence-electron chi connectivity index (χ1n) is 12.1. The van der Waals surface area contributed by atoms with Crippen LogP contribution >= 0.6 is 0 Å². The summed E-state index contributed by atoms with van der Waals surface area (Å²) in [6, 6.07) is 15.6. The van der Waals surface area contributed by atoms with Crippen LogP contribution in [0.15, 0.2) is 49.0 Å². The van der Waals surface area contributed by atoms with Crippen LogP contribution in [0, 0.1) is 41.2 Å². The average Bonchev–Trinajstić information content (AvgIpc) is 2.89. The molecule has 0 saturated heterocycles. The summed E-state index contributed by atoms with van der Waals surface area (Å²) in [5.74, 6) is -1.27. The zero-order valence-electron chi connectivity index (χ0n) is 21.3. The van der Waals surface area contributed by atoms with Crippen LogP contribution in [0.25, 0.3) is 5.76 Å². The van der Waals surface area contributed by atoms with E-state index in [0.29, 0.717) is 35.5 Å². The quantitative estimate of drug-likeness (QED) is 0.219. The second-order valence-electron chi connectivity index (χ2n) is 8.78. The number of ether oxygens (including phenoxy) is 1. The molecular weight excluding hydrogens is 470 g/mol. The minimum Gasteiger partial charge on any atom is -0.494 e. The van der Waals surface area contributed by atoms with Crippen molar-refractivity contribution < 1.29 is 18.3 Å². The summed E-state index contributed by atoms with van der Waals surface area (Å²) in [6.45, 7) is 9.94. The van der Waals surface area contributed by atoms with E-state index in [0.717, 1.165) is 17.5 Å². The second-order valence-corrected chi connectivity index (χ2v) is 8.78. The van der Waals surface area contributed by atoms with Gasteiger partial charge in [-0.2, -0.15) is 10.5 Å². The van der Waals surface area contributed by atoms with Crippen molar-refractivity contribution in [2.24, 2.45) is 0 Å². The van der Waals surface area contributed by atoms with Gasteiger partial charge in [-0.15, -0.1) is 0 Å². The Hall–Kier alpha value is -4.29. The highest BCUT2D eigenvalue weighted by molar-refractivity contribution is 5.96. The van der Waals surface area contributed by atoms with Gasteiger partial charge < -0.3 is 4.74 Å². The zero-order valence-corrected chi connectivity index (χ0v) is 21.3. The predicted molar refractivity (Wildman–Crippen MR) is 139 cm³/mol. The normalized spacial score (nSPS) is 10.5. The Labute approximate surface area is 216 Å². The van der Waals surface area contributed by atoms with Gasteiger partial charge in [-0.05, 0) is 43.0 Å². The molecule has 0 unspecified atom stereocenters. The van der Waals surface area contributed by atoms with Crippen molar-refractivity contribution in [1.29, 1.82) is 10.5 Å². The highest BCUT2D eigenvalue weighted by atomic mass is 19.1. The summed E-state index contributed by atoms with van der Waals surface area (Å²) < 4.78 is 36.6. The number of Topliss-reactive ketones (excluding diaryl/α,β-unsaturated/α-hetero) is 1. The van der Waals surface area contributed by atoms with Crippen molar-refractivity contribution in [3.05, 3.63) is 111 Å². The van der Waals surface area contributed by atoms with Crippen molar-refractivity contribution in [3.63, 3.8) is 0 Å². The standard InChI is InChI=1S/C31H28F2N2O2/c1-5-7-29(36)24-13-12-23(19(3)14-24)16-26-25(30(32)27(17-34)28(18-35)31(26)33)15-21-8-10-22(11-9-21)20(4)37-6-2/h8-14H,4-7,15-16H2,1-3H3. The Balaban J connectivity index is 2.08. The fraction of sp³-hybridized carbons (Fsp3) is 0.258. The van der Waals surface area contributed by atoms with Crippen molar-refractivity contribution in [3.8, 4) is 12.1 Å². The van der Waals surface area contributed by atoms with Crippen LogP contribution in [0.5, 0.6) is 0 Å². The van der Waals surface area contributed by atoms with Gasteiger partial charge in [0.05, 0.1) is 6.61 Å². The first-order valence-corrected chi connectivity index (χ1v) is 12.1. The van der Waals surface area contributed by atoms with Gasteiger partial charge in [0.15, 0.2) is 5.78 Å². The van der Waals surface area contributed by atoms with Crippen LogP contribution in [-0.4, -0.2) is 12.4 Å². The minimum absolute atomic E-state index is 0.00574. The number of aryl methyl sites for hydroxylation is 1. The van der Waals surface area contributed by atoms with Gasteiger partial charge in [0, 0.05) is 41.5 Å². The summed E-state index contributed by atoms with van der Waals surface area (Å²) in [5.41, 5.74) is 2.33. The summed E-state index contributed by atoms with van der Waals surface area (Å²) in [7, 11) is 0. The fourth-order valence-corrected chi connectivity index (χ4v) is 4.26. The highest BCUT2D eigenvalue weighted by Crippen LogP contribution is 2.31. The molecule has 0 aliphatic heterocycles. The summed E-state index contributed by atoms with van der Waals surface area (Å²) in [5, 5.41) is 19.0. The third-order valence-corrected chi connectivity index (χ3v) is 6.29. The van der Waals surface area contributed by atoms with E-state index in [1.165, 1.54) is 0 Å². The molecule has 0 saturated carbocycles. The molecule has 0 aliphatic carbocycles. The minimum atomic E-state index is -0.901. The van der Waals surface area contributed by atoms with Crippen LogP contribution in [0.1, 0.15) is 81.6 Å². The largest absolute Gasteiger partial charge is 0.494 e. The number of rotatable bonds is 10. The lowest BCUT2D eigenvalue weighted by molar-refractivity contribution is 0.0981. The molecule has 0 fully saturated rings. The van der Waals surface area contributed by atoms with E-state index in [2.05, 4.69) is 6.58 Å². The molecule has 0 amide bonds. The average molecular weight is 499 g/mol. The predicted octanol–water partition coefficient (Wildman–Crippen LogP) is 7.19. The maximum atomic E-state index is 15.6. The molecule has 3 aromatic rings. The summed E-state index contributed by atoms with van der Waals surface area (Å²) in [4.78, 5) is 12.3. The van der Waals surface area contributed by atoms with Gasteiger partial charge in [-0.3, -0.25) is 4.79 Å². The van der Waals surface area contributed by atoms with E-state index in [4.69, 9.17) is 4.74 Å². The van der Waals surface area contributed by atoms with Gasteiger partial charge in [0.2, 0.25) is 0 Å². The number of benzene rings is 3. The number of nitriles is 2. The lowest BCUT2D eigenvalue weighted by Crippen LogP contribution is -2.11. The van der Waals surface area contributed by atoms with E-state index in [-0.39, 0.29) is 29.8 Å². The van der Waals surface area contributed by atoms with E-state index in [9.17, 15) is 15.3 Å². The molecule has 188 valence electrons. The molecule has 4 nitrogen and oxygen atoms in total. The molecule has 0 bridgehead atoms. The third-order valence-electron chi connectivity index (χ3n) is 6.29. The molecule has 37 heavy (non-hydrogen) atoms. The highest BCUT2D eigenvalue weighted by Gasteiger charge is 2.25. The Bertz CT molecular complexity index is 1430. The lowest BCUT2D eigenvalue weighted by atomic mass is 9.88. The Morgan fingerprint density at radius 1 is 0.919 bits per heavy atom. The van der Waals surface area contributed by atoms with Crippen molar-refractivity contribution in [2.45, 2.75) is 46.5 Å². The SMILES string of the molecule is C=C(OCC)c1ccc(Cc2c(F)c(C#N)c(C#N)c(F)c2Cc2ccc(C(=O)CCC)cc2C)cc1. The molecule has 0 aliphatic rings. The van der Waals surface area contributed by atoms with Crippen LogP contribution in [-0.2, 0) is 17.6 Å². The number of nitrogens with zero attached hydrogens (tertiary/aromatic N) is 2. The number of carbonyl (C=O) groups is 1. The van der Waals surface area contributed by atoms with E-state index >= 15 is 8.78 Å². The molecule has 0 heterocycles. The van der Waals surface area contributed by atoms with E-state index in [1.807, 2.05) is 20.8 Å². The van der Waals surface area contributed by atoms with Crippen LogP contribution in [0.3, 0.4) is 0 Å². The van der Waals surface area contributed by atoms with Gasteiger partial charge in [0.1, 0.15) is 40.7 Å². The van der Waals surface area contributed by atoms with Gasteiger partial charge in [-0.1, -0.05) is 49.9 Å². The molecule has 0 radical (unpaired) electrons. The first kappa shape index (κ1) is 27.3. The smallest absolute Gasteiger partial charge is 0.162 e. The second kappa shape index (κ2) is 12.1. The molecule has 0 aromatic heterocycles. The zero-order chi connectivity index (χ0) is 27.1. The van der Waals surface area contributed by atoms with E-state index < -0.39 is 22.8 Å². The molecule has 0 N–H and O–H groups in total. The molecule has 3 rings (SSSR count). The van der Waals surface area contributed by atoms with Crippen molar-refractivity contribution in [2.75, 3.05) is 6.61 Å². The topological polar surface area (TPSA) is 73.9 Å². The van der Waals surface area contributed by atoms with Crippen molar-refractivity contribution >= 4 is 11.5 Å². The number of halogens is 2. The third kappa shape index (κ3) is 5.93. The number of hydrogen-bond acceptors (Lipinski definition) is 4. The summed E-state index contributed by atoms with van der Waals surface area (Å²) in [6.07, 6.45) is 1.19. The Morgan fingerprint density at radius 2 is 1.49 bits per heavy atom. The fourth-order valence-electron chi connectivity index (χ4n) is 4.26.